The maximum Gasteiger partial charge on any atom is 0.295 e. The molecule has 3 aromatic carbocycles. The van der Waals surface area contributed by atoms with Crippen LogP contribution in [0.1, 0.15) is 48.1 Å². The van der Waals surface area contributed by atoms with Crippen molar-refractivity contribution < 1.29 is 19.4 Å². The normalized spacial score (nSPS) is 17.2. The molecule has 0 saturated carbocycles. The molecular weight excluding hydrogens is 464 g/mol. The Kier molecular flexibility index (Phi) is 6.57. The number of carbonyl (C=O) groups is 2. The lowest BCUT2D eigenvalue weighted by molar-refractivity contribution is -0.139. The molecule has 1 aliphatic heterocycles. The first-order valence-corrected chi connectivity index (χ1v) is 12.5. The first-order valence-electron chi connectivity index (χ1n) is 12.5. The van der Waals surface area contributed by atoms with Crippen LogP contribution >= 0.6 is 0 Å². The smallest absolute Gasteiger partial charge is 0.295 e. The molecule has 1 saturated heterocycles. The van der Waals surface area contributed by atoms with Crippen LogP contribution in [0.25, 0.3) is 16.7 Å². The number of H-pyrrole nitrogens is 1. The highest BCUT2D eigenvalue weighted by molar-refractivity contribution is 6.46. The fraction of sp³-hybridized carbons (Fsp3) is 0.226. The maximum atomic E-state index is 13.3. The number of ketones is 1. The molecule has 0 radical (unpaired) electrons. The number of fused-ring (bicyclic) bond motifs is 1. The third kappa shape index (κ3) is 4.51. The molecule has 188 valence electrons. The van der Waals surface area contributed by atoms with Crippen molar-refractivity contribution in [3.63, 3.8) is 0 Å². The molecule has 2 N–H and O–H groups in total. The van der Waals surface area contributed by atoms with E-state index in [1.807, 2.05) is 54.7 Å². The Balaban J connectivity index is 1.56. The Labute approximate surface area is 216 Å². The van der Waals surface area contributed by atoms with E-state index in [4.69, 9.17) is 4.74 Å². The van der Waals surface area contributed by atoms with Crippen LogP contribution in [0.2, 0.25) is 0 Å². The average molecular weight is 495 g/mol. The van der Waals surface area contributed by atoms with Gasteiger partial charge in [-0.25, -0.2) is 0 Å². The standard InChI is InChI=1S/C31H30N2O4/c1-19(2)20-8-10-21(11-9-20)28-27(29(34)22-12-14-24(37-3)15-13-22)30(35)31(36)33(28)17-16-23-18-32-26-7-5-4-6-25(23)26/h4-15,18-19,28,32,34H,16-17H2,1-3H3/b29-27-. The molecule has 1 atom stereocenters. The van der Waals surface area contributed by atoms with Gasteiger partial charge in [0, 0.05) is 29.2 Å². The van der Waals surface area contributed by atoms with Gasteiger partial charge >= 0.3 is 0 Å². The predicted octanol–water partition coefficient (Wildman–Crippen LogP) is 5.96. The molecule has 1 fully saturated rings. The van der Waals surface area contributed by atoms with Crippen LogP contribution in [0.4, 0.5) is 0 Å². The fourth-order valence-corrected chi connectivity index (χ4v) is 5.00. The number of methoxy groups -OCH3 is 1. The summed E-state index contributed by atoms with van der Waals surface area (Å²) in [7, 11) is 1.56. The van der Waals surface area contributed by atoms with Crippen molar-refractivity contribution in [2.24, 2.45) is 0 Å². The lowest BCUT2D eigenvalue weighted by Crippen LogP contribution is -2.31. The zero-order chi connectivity index (χ0) is 26.1. The summed E-state index contributed by atoms with van der Waals surface area (Å²) < 4.78 is 5.22. The van der Waals surface area contributed by atoms with Crippen molar-refractivity contribution in [2.45, 2.75) is 32.2 Å². The highest BCUT2D eigenvalue weighted by atomic mass is 16.5. The largest absolute Gasteiger partial charge is 0.507 e. The highest BCUT2D eigenvalue weighted by Crippen LogP contribution is 2.40. The molecule has 1 amide bonds. The van der Waals surface area contributed by atoms with Gasteiger partial charge in [-0.05, 0) is 59.4 Å². The molecule has 0 spiro atoms. The summed E-state index contributed by atoms with van der Waals surface area (Å²) in [4.78, 5) is 31.5. The van der Waals surface area contributed by atoms with Crippen LogP contribution in [0.5, 0.6) is 5.75 Å². The van der Waals surface area contributed by atoms with Gasteiger partial charge in [-0.1, -0.05) is 56.3 Å². The number of likely N-dealkylation sites (tertiary alicyclic amines) is 1. The topological polar surface area (TPSA) is 82.6 Å². The number of aromatic amines is 1. The van der Waals surface area contributed by atoms with Gasteiger partial charge in [0.05, 0.1) is 18.7 Å². The summed E-state index contributed by atoms with van der Waals surface area (Å²) in [5.74, 6) is -0.482. The number of aliphatic hydroxyl groups excluding tert-OH is 1. The number of hydrogen-bond acceptors (Lipinski definition) is 4. The summed E-state index contributed by atoms with van der Waals surface area (Å²) in [5.41, 5.74) is 4.61. The third-order valence-electron chi connectivity index (χ3n) is 7.12. The minimum atomic E-state index is -0.687. The molecule has 4 aromatic rings. The molecule has 2 heterocycles. The van der Waals surface area contributed by atoms with Crippen molar-refractivity contribution in [3.8, 4) is 5.75 Å². The van der Waals surface area contributed by atoms with E-state index in [0.717, 1.165) is 27.6 Å². The van der Waals surface area contributed by atoms with E-state index < -0.39 is 17.7 Å². The molecule has 0 aliphatic carbocycles. The quantitative estimate of drug-likeness (QED) is 0.189. The number of nitrogens with one attached hydrogen (secondary N) is 1. The molecule has 37 heavy (non-hydrogen) atoms. The van der Waals surface area contributed by atoms with Gasteiger partial charge in [0.15, 0.2) is 0 Å². The second-order valence-electron chi connectivity index (χ2n) is 9.65. The number of para-hydroxylation sites is 1. The Morgan fingerprint density at radius 1 is 1.00 bits per heavy atom. The molecular formula is C31H30N2O4. The number of aliphatic hydroxyl groups is 1. The van der Waals surface area contributed by atoms with Crippen LogP contribution in [0, 0.1) is 0 Å². The molecule has 6 nitrogen and oxygen atoms in total. The van der Waals surface area contributed by atoms with E-state index in [2.05, 4.69) is 18.8 Å². The second kappa shape index (κ2) is 9.97. The summed E-state index contributed by atoms with van der Waals surface area (Å²) in [6.45, 7) is 4.57. The van der Waals surface area contributed by atoms with Gasteiger partial charge < -0.3 is 19.7 Å². The van der Waals surface area contributed by atoms with E-state index in [1.54, 1.807) is 36.3 Å². The Morgan fingerprint density at radius 2 is 1.70 bits per heavy atom. The SMILES string of the molecule is COc1ccc(/C(O)=C2/C(=O)C(=O)N(CCc3c[nH]c4ccccc34)C2c2ccc(C(C)C)cc2)cc1. The van der Waals surface area contributed by atoms with Crippen molar-refractivity contribution in [1.82, 2.24) is 9.88 Å². The minimum absolute atomic E-state index is 0.103. The van der Waals surface area contributed by atoms with Crippen molar-refractivity contribution in [1.29, 1.82) is 0 Å². The van der Waals surface area contributed by atoms with E-state index in [-0.39, 0.29) is 11.3 Å². The van der Waals surface area contributed by atoms with Gasteiger partial charge in [-0.3, -0.25) is 9.59 Å². The third-order valence-corrected chi connectivity index (χ3v) is 7.12. The van der Waals surface area contributed by atoms with Crippen molar-refractivity contribution >= 4 is 28.4 Å². The van der Waals surface area contributed by atoms with Crippen molar-refractivity contribution in [2.75, 3.05) is 13.7 Å². The van der Waals surface area contributed by atoms with Crippen LogP contribution in [0.3, 0.4) is 0 Å². The first-order chi connectivity index (χ1) is 17.9. The second-order valence-corrected chi connectivity index (χ2v) is 9.65. The number of hydrogen-bond donors (Lipinski definition) is 2. The summed E-state index contributed by atoms with van der Waals surface area (Å²) in [5, 5.41) is 12.4. The Morgan fingerprint density at radius 3 is 2.38 bits per heavy atom. The Bertz CT molecular complexity index is 1480. The zero-order valence-electron chi connectivity index (χ0n) is 21.2. The number of aromatic nitrogens is 1. The van der Waals surface area contributed by atoms with Gasteiger partial charge in [-0.2, -0.15) is 0 Å². The van der Waals surface area contributed by atoms with Gasteiger partial charge in [-0.15, -0.1) is 0 Å². The number of nitrogens with zero attached hydrogens (tertiary/aromatic N) is 1. The number of benzene rings is 3. The zero-order valence-corrected chi connectivity index (χ0v) is 21.2. The molecule has 6 heteroatoms. The van der Waals surface area contributed by atoms with Gasteiger partial charge in [0.25, 0.3) is 11.7 Å². The summed E-state index contributed by atoms with van der Waals surface area (Å²) in [6.07, 6.45) is 2.52. The van der Waals surface area contributed by atoms with E-state index in [9.17, 15) is 14.7 Å². The van der Waals surface area contributed by atoms with Gasteiger partial charge in [0.1, 0.15) is 11.5 Å². The first kappa shape index (κ1) is 24.4. The molecule has 1 aliphatic rings. The summed E-state index contributed by atoms with van der Waals surface area (Å²) in [6, 6.07) is 22.1. The molecule has 0 bridgehead atoms. The predicted molar refractivity (Wildman–Crippen MR) is 145 cm³/mol. The van der Waals surface area contributed by atoms with Gasteiger partial charge in [0.2, 0.25) is 0 Å². The summed E-state index contributed by atoms with van der Waals surface area (Å²) >= 11 is 0. The lowest BCUT2D eigenvalue weighted by atomic mass is 9.93. The minimum Gasteiger partial charge on any atom is -0.507 e. The highest BCUT2D eigenvalue weighted by Gasteiger charge is 2.45. The van der Waals surface area contributed by atoms with Crippen LogP contribution in [0.15, 0.2) is 84.6 Å². The molecule has 1 aromatic heterocycles. The number of carbonyl (C=O) groups excluding carboxylic acids is 2. The Hall–Kier alpha value is -4.32. The van der Waals surface area contributed by atoms with E-state index in [0.29, 0.717) is 30.2 Å². The van der Waals surface area contributed by atoms with E-state index >= 15 is 0 Å². The fourth-order valence-electron chi connectivity index (χ4n) is 5.00. The average Bonchev–Trinajstić information content (AvgIpc) is 3.45. The number of rotatable bonds is 7. The maximum absolute atomic E-state index is 13.3. The lowest BCUT2D eigenvalue weighted by Gasteiger charge is -2.25. The van der Waals surface area contributed by atoms with Crippen LogP contribution in [-0.2, 0) is 16.0 Å². The number of Topliss-reactive ketones (excluding diaryl/α,β-unsaturated/α-hetero) is 1. The monoisotopic (exact) mass is 494 g/mol. The molecule has 1 unspecified atom stereocenters. The van der Waals surface area contributed by atoms with E-state index in [1.165, 1.54) is 0 Å². The van der Waals surface area contributed by atoms with Crippen molar-refractivity contribution in [3.05, 3.63) is 107 Å². The van der Waals surface area contributed by atoms with Crippen LogP contribution in [-0.4, -0.2) is 40.3 Å². The molecule has 5 rings (SSSR count). The number of amides is 1. The van der Waals surface area contributed by atoms with Crippen LogP contribution < -0.4 is 4.74 Å². The number of ether oxygens (including phenoxy) is 1.